The largest absolute Gasteiger partial charge is 0.501 e. The lowest BCUT2D eigenvalue weighted by molar-refractivity contribution is -0.119. The first-order valence-corrected chi connectivity index (χ1v) is 7.47. The van der Waals surface area contributed by atoms with E-state index in [1.807, 2.05) is 0 Å². The predicted molar refractivity (Wildman–Crippen MR) is 71.5 cm³/mol. The molecule has 0 aliphatic rings. The van der Waals surface area contributed by atoms with Crippen LogP contribution in [0.25, 0.3) is 0 Å². The summed E-state index contributed by atoms with van der Waals surface area (Å²) >= 11 is 0. The normalized spacial score (nSPS) is 12.3. The molecule has 1 rings (SSSR count). The number of benzene rings is 1. The van der Waals surface area contributed by atoms with Crippen LogP contribution in [0.5, 0.6) is 0 Å². The molecule has 1 aromatic rings. The molecule has 2 N–H and O–H groups in total. The van der Waals surface area contributed by atoms with Crippen molar-refractivity contribution in [2.75, 3.05) is 11.9 Å². The number of amides is 1. The van der Waals surface area contributed by atoms with E-state index in [0.717, 1.165) is 6.07 Å². The van der Waals surface area contributed by atoms with Gasteiger partial charge in [-0.15, -0.1) is 0 Å². The Morgan fingerprint density at radius 1 is 1.24 bits per heavy atom. The second-order valence-electron chi connectivity index (χ2n) is 4.52. The zero-order valence-corrected chi connectivity index (χ0v) is 12.2. The maximum atomic E-state index is 12.6. The monoisotopic (exact) mass is 324 g/mol. The van der Waals surface area contributed by atoms with Crippen molar-refractivity contribution < 1.29 is 26.4 Å². The van der Waals surface area contributed by atoms with Crippen molar-refractivity contribution in [2.45, 2.75) is 30.3 Å². The summed E-state index contributed by atoms with van der Waals surface area (Å²) in [6, 6.07) is 4.43. The first kappa shape index (κ1) is 17.3. The van der Waals surface area contributed by atoms with Gasteiger partial charge in [0.05, 0.1) is 17.1 Å². The second kappa shape index (κ2) is 6.33. The van der Waals surface area contributed by atoms with Crippen molar-refractivity contribution in [3.63, 3.8) is 0 Å². The third-order valence-corrected chi connectivity index (χ3v) is 3.91. The molecule has 0 aliphatic heterocycles. The topological polar surface area (TPSA) is 75.3 Å². The van der Waals surface area contributed by atoms with Crippen LogP contribution >= 0.6 is 0 Å². The molecular weight excluding hydrogens is 309 g/mol. The summed E-state index contributed by atoms with van der Waals surface area (Å²) in [7, 11) is -5.47. The van der Waals surface area contributed by atoms with Crippen molar-refractivity contribution in [3.8, 4) is 0 Å². The van der Waals surface area contributed by atoms with Gasteiger partial charge in [-0.3, -0.25) is 4.79 Å². The van der Waals surface area contributed by atoms with Gasteiger partial charge in [0.15, 0.2) is 0 Å². The van der Waals surface area contributed by atoms with Gasteiger partial charge in [0.2, 0.25) is 5.91 Å². The summed E-state index contributed by atoms with van der Waals surface area (Å²) in [4.78, 5) is 10.5. The summed E-state index contributed by atoms with van der Waals surface area (Å²) < 4.78 is 60.6. The van der Waals surface area contributed by atoms with Crippen molar-refractivity contribution in [3.05, 3.63) is 24.3 Å². The van der Waals surface area contributed by atoms with Gasteiger partial charge < -0.3 is 10.6 Å². The van der Waals surface area contributed by atoms with Crippen LogP contribution in [0.2, 0.25) is 0 Å². The van der Waals surface area contributed by atoms with Crippen LogP contribution in [-0.4, -0.2) is 32.4 Å². The predicted octanol–water partition coefficient (Wildman–Crippen LogP) is 1.92. The summed E-state index contributed by atoms with van der Waals surface area (Å²) in [5, 5.41) is 4.93. The molecule has 9 heteroatoms. The lowest BCUT2D eigenvalue weighted by Crippen LogP contribution is -2.35. The van der Waals surface area contributed by atoms with Gasteiger partial charge in [-0.05, 0) is 26.0 Å². The number of alkyl halides is 3. The SMILES string of the molecule is CC(C)NC(=O)CNc1ccccc1S(=O)(=O)C(F)(F)F. The van der Waals surface area contributed by atoms with Gasteiger partial charge in [-0.25, -0.2) is 8.42 Å². The number of sulfone groups is 1. The standard InChI is InChI=1S/C12H15F3N2O3S/c1-8(2)17-11(18)7-16-9-5-3-4-6-10(9)21(19,20)12(13,14)15/h3-6,8,16H,7H2,1-2H3,(H,17,18). The zero-order chi connectivity index (χ0) is 16.3. The molecule has 0 aliphatic carbocycles. The number of carbonyl (C=O) groups excluding carboxylic acids is 1. The van der Waals surface area contributed by atoms with Crippen molar-refractivity contribution >= 4 is 21.4 Å². The average Bonchev–Trinajstić information content (AvgIpc) is 2.34. The second-order valence-corrected chi connectivity index (χ2v) is 6.43. The first-order chi connectivity index (χ1) is 9.55. The Morgan fingerprint density at radius 2 is 1.81 bits per heavy atom. The maximum Gasteiger partial charge on any atom is 0.501 e. The third-order valence-electron chi connectivity index (χ3n) is 2.37. The first-order valence-electron chi connectivity index (χ1n) is 5.99. The molecule has 0 saturated carbocycles. The molecule has 0 aromatic heterocycles. The molecule has 0 fully saturated rings. The Balaban J connectivity index is 2.99. The van der Waals surface area contributed by atoms with E-state index in [2.05, 4.69) is 10.6 Å². The highest BCUT2D eigenvalue weighted by atomic mass is 32.2. The fourth-order valence-corrected chi connectivity index (χ4v) is 2.46. The van der Waals surface area contributed by atoms with Crippen LogP contribution in [-0.2, 0) is 14.6 Å². The smallest absolute Gasteiger partial charge is 0.375 e. The number of hydrogen-bond donors (Lipinski definition) is 2. The molecule has 118 valence electrons. The van der Waals surface area contributed by atoms with E-state index in [0.29, 0.717) is 0 Å². The molecule has 0 spiro atoms. The van der Waals surface area contributed by atoms with Crippen LogP contribution in [0.15, 0.2) is 29.2 Å². The summed E-state index contributed by atoms with van der Waals surface area (Å²) in [5.74, 6) is -0.454. The number of para-hydroxylation sites is 1. The van der Waals surface area contributed by atoms with Crippen molar-refractivity contribution in [2.24, 2.45) is 0 Å². The third kappa shape index (κ3) is 4.35. The molecule has 21 heavy (non-hydrogen) atoms. The van der Waals surface area contributed by atoms with Crippen molar-refractivity contribution in [1.82, 2.24) is 5.32 Å². The van der Waals surface area contributed by atoms with Crippen LogP contribution in [0.3, 0.4) is 0 Å². The molecule has 0 atom stereocenters. The highest BCUT2D eigenvalue weighted by Gasteiger charge is 2.47. The minimum atomic E-state index is -5.47. The molecule has 0 unspecified atom stereocenters. The van der Waals surface area contributed by atoms with Crippen LogP contribution in [0.1, 0.15) is 13.8 Å². The number of anilines is 1. The van der Waals surface area contributed by atoms with E-state index in [4.69, 9.17) is 0 Å². The van der Waals surface area contributed by atoms with E-state index in [-0.39, 0.29) is 18.3 Å². The van der Waals surface area contributed by atoms with Gasteiger partial charge in [-0.2, -0.15) is 13.2 Å². The van der Waals surface area contributed by atoms with E-state index in [9.17, 15) is 26.4 Å². The number of nitrogens with one attached hydrogen (secondary N) is 2. The zero-order valence-electron chi connectivity index (χ0n) is 11.4. The molecular formula is C12H15F3N2O3S. The Bertz CT molecular complexity index is 612. The number of halogens is 3. The molecule has 0 bridgehead atoms. The van der Waals surface area contributed by atoms with Gasteiger partial charge in [-0.1, -0.05) is 12.1 Å². The highest BCUT2D eigenvalue weighted by molar-refractivity contribution is 7.92. The van der Waals surface area contributed by atoms with Gasteiger partial charge in [0.25, 0.3) is 9.84 Å². The lowest BCUT2D eigenvalue weighted by Gasteiger charge is -2.14. The average molecular weight is 324 g/mol. The molecule has 0 heterocycles. The quantitative estimate of drug-likeness (QED) is 0.868. The molecule has 1 amide bonds. The van der Waals surface area contributed by atoms with E-state index in [1.165, 1.54) is 18.2 Å². The molecule has 1 aromatic carbocycles. The number of rotatable bonds is 5. The van der Waals surface area contributed by atoms with Crippen LogP contribution < -0.4 is 10.6 Å². The maximum absolute atomic E-state index is 12.6. The minimum absolute atomic E-state index is 0.131. The van der Waals surface area contributed by atoms with E-state index >= 15 is 0 Å². The van der Waals surface area contributed by atoms with Crippen LogP contribution in [0, 0.1) is 0 Å². The molecule has 5 nitrogen and oxygen atoms in total. The van der Waals surface area contributed by atoms with Crippen molar-refractivity contribution in [1.29, 1.82) is 0 Å². The van der Waals surface area contributed by atoms with Crippen LogP contribution in [0.4, 0.5) is 18.9 Å². The Hall–Kier alpha value is -1.77. The summed E-state index contributed by atoms with van der Waals surface area (Å²) in [6.45, 7) is 3.11. The van der Waals surface area contributed by atoms with Gasteiger partial charge >= 0.3 is 5.51 Å². The fraction of sp³-hybridized carbons (Fsp3) is 0.417. The summed E-state index contributed by atoms with van der Waals surface area (Å²) in [5.41, 5.74) is -5.67. The minimum Gasteiger partial charge on any atom is -0.375 e. The number of hydrogen-bond acceptors (Lipinski definition) is 4. The van der Waals surface area contributed by atoms with E-state index < -0.39 is 26.1 Å². The van der Waals surface area contributed by atoms with Gasteiger partial charge in [0.1, 0.15) is 0 Å². The Labute approximate surface area is 120 Å². The highest BCUT2D eigenvalue weighted by Crippen LogP contribution is 2.34. The lowest BCUT2D eigenvalue weighted by atomic mass is 10.3. The molecule has 0 saturated heterocycles. The Morgan fingerprint density at radius 3 is 2.33 bits per heavy atom. The van der Waals surface area contributed by atoms with Gasteiger partial charge in [0, 0.05) is 6.04 Å². The van der Waals surface area contributed by atoms with E-state index in [1.54, 1.807) is 13.8 Å². The Kier molecular flexibility index (Phi) is 5.21. The summed E-state index contributed by atoms with van der Waals surface area (Å²) in [6.07, 6.45) is 0. The molecule has 0 radical (unpaired) electrons. The number of carbonyl (C=O) groups is 1. The fourth-order valence-electron chi connectivity index (χ4n) is 1.52.